The SMILES string of the molecule is CC(C)n1c(CN)nnc1-c1ccc(F)cc1F. The van der Waals surface area contributed by atoms with E-state index in [1.807, 2.05) is 13.8 Å². The maximum atomic E-state index is 13.7. The van der Waals surface area contributed by atoms with Crippen molar-refractivity contribution >= 4 is 0 Å². The van der Waals surface area contributed by atoms with Crippen LogP contribution < -0.4 is 5.73 Å². The van der Waals surface area contributed by atoms with E-state index < -0.39 is 11.6 Å². The highest BCUT2D eigenvalue weighted by atomic mass is 19.1. The molecule has 2 rings (SSSR count). The molecular formula is C12H14F2N4. The summed E-state index contributed by atoms with van der Waals surface area (Å²) >= 11 is 0. The molecule has 0 atom stereocenters. The lowest BCUT2D eigenvalue weighted by molar-refractivity contribution is 0.564. The zero-order valence-electron chi connectivity index (χ0n) is 10.2. The molecule has 0 saturated heterocycles. The van der Waals surface area contributed by atoms with Crippen molar-refractivity contribution in [3.05, 3.63) is 35.7 Å². The number of halogens is 2. The second-order valence-corrected chi connectivity index (χ2v) is 4.23. The van der Waals surface area contributed by atoms with Crippen molar-refractivity contribution in [3.8, 4) is 11.4 Å². The van der Waals surface area contributed by atoms with Crippen molar-refractivity contribution in [2.24, 2.45) is 5.73 Å². The van der Waals surface area contributed by atoms with E-state index in [-0.39, 0.29) is 18.2 Å². The minimum atomic E-state index is -0.659. The molecular weight excluding hydrogens is 238 g/mol. The summed E-state index contributed by atoms with van der Waals surface area (Å²) in [5.74, 6) is -0.342. The lowest BCUT2D eigenvalue weighted by atomic mass is 10.2. The Hall–Kier alpha value is -1.82. The smallest absolute Gasteiger partial charge is 0.167 e. The maximum absolute atomic E-state index is 13.7. The second-order valence-electron chi connectivity index (χ2n) is 4.23. The summed E-state index contributed by atoms with van der Waals surface area (Å²) in [7, 11) is 0. The number of aromatic nitrogens is 3. The summed E-state index contributed by atoms with van der Waals surface area (Å²) in [4.78, 5) is 0. The Morgan fingerprint density at radius 2 is 2.00 bits per heavy atom. The zero-order chi connectivity index (χ0) is 13.3. The predicted molar refractivity (Wildman–Crippen MR) is 63.7 cm³/mol. The first-order valence-corrected chi connectivity index (χ1v) is 5.64. The van der Waals surface area contributed by atoms with E-state index in [0.717, 1.165) is 6.07 Å². The van der Waals surface area contributed by atoms with Crippen molar-refractivity contribution in [1.29, 1.82) is 0 Å². The van der Waals surface area contributed by atoms with Gasteiger partial charge in [0.2, 0.25) is 0 Å². The highest BCUT2D eigenvalue weighted by molar-refractivity contribution is 5.56. The Bertz CT molecular complexity index is 563. The molecule has 0 aliphatic rings. The van der Waals surface area contributed by atoms with Gasteiger partial charge in [0, 0.05) is 12.1 Å². The highest BCUT2D eigenvalue weighted by Crippen LogP contribution is 2.25. The van der Waals surface area contributed by atoms with Gasteiger partial charge < -0.3 is 10.3 Å². The first-order valence-electron chi connectivity index (χ1n) is 5.64. The summed E-state index contributed by atoms with van der Waals surface area (Å²) in [6.45, 7) is 4.06. The number of hydrogen-bond donors (Lipinski definition) is 1. The fourth-order valence-electron chi connectivity index (χ4n) is 1.86. The minimum Gasteiger partial charge on any atom is -0.324 e. The van der Waals surface area contributed by atoms with Gasteiger partial charge in [0.15, 0.2) is 5.82 Å². The minimum absolute atomic E-state index is 0.0398. The molecule has 4 nitrogen and oxygen atoms in total. The van der Waals surface area contributed by atoms with Crippen LogP contribution in [0.5, 0.6) is 0 Å². The van der Waals surface area contributed by atoms with Gasteiger partial charge in [-0.15, -0.1) is 10.2 Å². The fourth-order valence-corrected chi connectivity index (χ4v) is 1.86. The van der Waals surface area contributed by atoms with Crippen LogP contribution in [-0.4, -0.2) is 14.8 Å². The van der Waals surface area contributed by atoms with Gasteiger partial charge in [0.1, 0.15) is 17.5 Å². The normalized spacial score (nSPS) is 11.2. The lowest BCUT2D eigenvalue weighted by Gasteiger charge is -2.13. The van der Waals surface area contributed by atoms with Crippen LogP contribution in [0.3, 0.4) is 0 Å². The van der Waals surface area contributed by atoms with E-state index >= 15 is 0 Å². The van der Waals surface area contributed by atoms with Gasteiger partial charge in [-0.05, 0) is 26.0 Å². The van der Waals surface area contributed by atoms with Gasteiger partial charge in [-0.2, -0.15) is 0 Å². The number of nitrogens with two attached hydrogens (primary N) is 1. The van der Waals surface area contributed by atoms with Crippen LogP contribution in [0.4, 0.5) is 8.78 Å². The van der Waals surface area contributed by atoms with Gasteiger partial charge in [-0.3, -0.25) is 0 Å². The van der Waals surface area contributed by atoms with E-state index in [0.29, 0.717) is 11.6 Å². The van der Waals surface area contributed by atoms with Crippen molar-refractivity contribution in [2.45, 2.75) is 26.4 Å². The van der Waals surface area contributed by atoms with Gasteiger partial charge in [0.25, 0.3) is 0 Å². The average Bonchev–Trinajstić information content (AvgIpc) is 2.72. The van der Waals surface area contributed by atoms with Gasteiger partial charge in [-0.25, -0.2) is 8.78 Å². The molecule has 2 aromatic rings. The molecule has 0 aliphatic heterocycles. The molecule has 6 heteroatoms. The molecule has 2 N–H and O–H groups in total. The first kappa shape index (κ1) is 12.6. The van der Waals surface area contributed by atoms with Gasteiger partial charge in [0.05, 0.1) is 12.1 Å². The third kappa shape index (κ3) is 2.11. The average molecular weight is 252 g/mol. The monoisotopic (exact) mass is 252 g/mol. The summed E-state index contributed by atoms with van der Waals surface area (Å²) < 4.78 is 28.4. The second kappa shape index (κ2) is 4.81. The van der Waals surface area contributed by atoms with E-state index in [2.05, 4.69) is 10.2 Å². The first-order chi connectivity index (χ1) is 8.54. The van der Waals surface area contributed by atoms with Crippen molar-refractivity contribution in [1.82, 2.24) is 14.8 Å². The Labute approximate surface area is 103 Å². The molecule has 1 aromatic heterocycles. The summed E-state index contributed by atoms with van der Waals surface area (Å²) in [6.07, 6.45) is 0. The summed E-state index contributed by atoms with van der Waals surface area (Å²) in [5, 5.41) is 7.86. The molecule has 1 aromatic carbocycles. The molecule has 0 spiro atoms. The van der Waals surface area contributed by atoms with E-state index in [1.165, 1.54) is 12.1 Å². The van der Waals surface area contributed by atoms with Crippen LogP contribution >= 0.6 is 0 Å². The molecule has 0 fully saturated rings. The number of nitrogens with zero attached hydrogens (tertiary/aromatic N) is 3. The van der Waals surface area contributed by atoms with Crippen molar-refractivity contribution in [3.63, 3.8) is 0 Å². The number of rotatable bonds is 3. The molecule has 18 heavy (non-hydrogen) atoms. The van der Waals surface area contributed by atoms with E-state index in [4.69, 9.17) is 5.73 Å². The number of benzene rings is 1. The van der Waals surface area contributed by atoms with E-state index in [9.17, 15) is 8.78 Å². The molecule has 0 aliphatic carbocycles. The fraction of sp³-hybridized carbons (Fsp3) is 0.333. The Morgan fingerprint density at radius 1 is 1.28 bits per heavy atom. The van der Waals surface area contributed by atoms with Gasteiger partial charge in [-0.1, -0.05) is 0 Å². The zero-order valence-corrected chi connectivity index (χ0v) is 10.2. The largest absolute Gasteiger partial charge is 0.324 e. The topological polar surface area (TPSA) is 56.7 Å². The van der Waals surface area contributed by atoms with Crippen molar-refractivity contribution < 1.29 is 8.78 Å². The lowest BCUT2D eigenvalue weighted by Crippen LogP contribution is -2.12. The van der Waals surface area contributed by atoms with Crippen LogP contribution in [0.15, 0.2) is 18.2 Å². The standard InChI is InChI=1S/C12H14F2N4/c1-7(2)18-11(6-15)16-17-12(18)9-4-3-8(13)5-10(9)14/h3-5,7H,6,15H2,1-2H3. The van der Waals surface area contributed by atoms with Crippen LogP contribution in [0, 0.1) is 11.6 Å². The quantitative estimate of drug-likeness (QED) is 0.911. The molecule has 0 saturated carbocycles. The van der Waals surface area contributed by atoms with Gasteiger partial charge >= 0.3 is 0 Å². The molecule has 0 amide bonds. The molecule has 0 unspecified atom stereocenters. The Morgan fingerprint density at radius 3 is 2.56 bits per heavy atom. The Kier molecular flexibility index (Phi) is 3.38. The summed E-state index contributed by atoms with van der Waals surface area (Å²) in [6, 6.07) is 3.42. The predicted octanol–water partition coefficient (Wildman–Crippen LogP) is 2.26. The maximum Gasteiger partial charge on any atom is 0.167 e. The molecule has 1 heterocycles. The number of hydrogen-bond acceptors (Lipinski definition) is 3. The van der Waals surface area contributed by atoms with Crippen LogP contribution in [-0.2, 0) is 6.54 Å². The van der Waals surface area contributed by atoms with Crippen LogP contribution in [0.1, 0.15) is 25.7 Å². The summed E-state index contributed by atoms with van der Waals surface area (Å²) in [5.41, 5.74) is 5.78. The van der Waals surface area contributed by atoms with Crippen LogP contribution in [0.2, 0.25) is 0 Å². The van der Waals surface area contributed by atoms with Crippen LogP contribution in [0.25, 0.3) is 11.4 Å². The van der Waals surface area contributed by atoms with E-state index in [1.54, 1.807) is 4.57 Å². The third-order valence-electron chi connectivity index (χ3n) is 2.64. The molecule has 0 radical (unpaired) electrons. The molecule has 96 valence electrons. The molecule has 0 bridgehead atoms. The highest BCUT2D eigenvalue weighted by Gasteiger charge is 2.18. The third-order valence-corrected chi connectivity index (χ3v) is 2.64. The Balaban J connectivity index is 2.60. The van der Waals surface area contributed by atoms with Crippen molar-refractivity contribution in [2.75, 3.05) is 0 Å².